The molecule has 0 atom stereocenters. The second kappa shape index (κ2) is 6.74. The molecule has 1 aromatic heterocycles. The van der Waals surface area contributed by atoms with Gasteiger partial charge in [0.25, 0.3) is 0 Å². The zero-order chi connectivity index (χ0) is 15.2. The number of carboxylic acids is 1. The normalized spacial score (nSPS) is 10.3. The highest BCUT2D eigenvalue weighted by atomic mass is 16.5. The topological polar surface area (TPSA) is 68.5 Å². The van der Waals surface area contributed by atoms with Crippen molar-refractivity contribution in [2.45, 2.75) is 19.9 Å². The van der Waals surface area contributed by atoms with Crippen LogP contribution in [-0.4, -0.2) is 22.2 Å². The molecule has 0 spiro atoms. The first-order valence-corrected chi connectivity index (χ1v) is 6.66. The zero-order valence-electron chi connectivity index (χ0n) is 11.8. The van der Waals surface area contributed by atoms with Crippen LogP contribution in [0.3, 0.4) is 0 Å². The Morgan fingerprint density at radius 2 is 1.95 bits per heavy atom. The molecule has 0 radical (unpaired) electrons. The lowest BCUT2D eigenvalue weighted by Gasteiger charge is -2.14. The van der Waals surface area contributed by atoms with E-state index in [1.165, 1.54) is 6.07 Å². The molecule has 0 aliphatic rings. The summed E-state index contributed by atoms with van der Waals surface area (Å²) in [5, 5.41) is 8.62. The first-order valence-electron chi connectivity index (χ1n) is 6.66. The number of carbonyl (C=O) groups is 1. The maximum atomic E-state index is 11.8. The molecule has 0 saturated heterocycles. The molecule has 2 aromatic rings. The summed E-state index contributed by atoms with van der Waals surface area (Å²) in [4.78, 5) is 22.3. The van der Waals surface area contributed by atoms with Gasteiger partial charge in [-0.05, 0) is 12.5 Å². The molecule has 0 aliphatic heterocycles. The van der Waals surface area contributed by atoms with Gasteiger partial charge in [-0.2, -0.15) is 0 Å². The molecule has 1 aromatic carbocycles. The summed E-state index contributed by atoms with van der Waals surface area (Å²) in [7, 11) is 0. The average molecular weight is 287 g/mol. The van der Waals surface area contributed by atoms with E-state index >= 15 is 0 Å². The van der Waals surface area contributed by atoms with E-state index in [4.69, 9.17) is 9.84 Å². The largest absolute Gasteiger partial charge is 0.487 e. The molecule has 1 heterocycles. The maximum Gasteiger partial charge on any atom is 0.306 e. The van der Waals surface area contributed by atoms with Crippen LogP contribution in [0.4, 0.5) is 0 Å². The van der Waals surface area contributed by atoms with Crippen molar-refractivity contribution in [3.8, 4) is 5.75 Å². The van der Waals surface area contributed by atoms with E-state index in [9.17, 15) is 9.59 Å². The molecule has 1 N–H and O–H groups in total. The minimum absolute atomic E-state index is 0.0131. The fourth-order valence-electron chi connectivity index (χ4n) is 2.02. The minimum atomic E-state index is -0.951. The van der Waals surface area contributed by atoms with Crippen molar-refractivity contribution in [1.29, 1.82) is 0 Å². The van der Waals surface area contributed by atoms with Crippen molar-refractivity contribution in [3.63, 3.8) is 0 Å². The summed E-state index contributed by atoms with van der Waals surface area (Å²) in [6.45, 7) is 2.41. The highest BCUT2D eigenvalue weighted by molar-refractivity contribution is 5.66. The van der Waals surface area contributed by atoms with E-state index in [1.807, 2.05) is 34.9 Å². The number of nitrogens with zero attached hydrogens (tertiary/aromatic N) is 1. The second-order valence-corrected chi connectivity index (χ2v) is 4.70. The predicted molar refractivity (Wildman–Crippen MR) is 78.7 cm³/mol. The summed E-state index contributed by atoms with van der Waals surface area (Å²) >= 11 is 0. The van der Waals surface area contributed by atoms with Gasteiger partial charge >= 0.3 is 5.97 Å². The number of rotatable bonds is 6. The van der Waals surface area contributed by atoms with Crippen molar-refractivity contribution < 1.29 is 14.6 Å². The zero-order valence-corrected chi connectivity index (χ0v) is 11.8. The standard InChI is InChI=1S/C16H17NO4/c1-12-16(21-10-8-15(19)20)14(18)7-9-17(12)11-13-5-3-2-4-6-13/h2-7,9H,8,10-11H2,1H3,(H,19,20). The monoisotopic (exact) mass is 287 g/mol. The Kier molecular flexibility index (Phi) is 4.77. The number of ether oxygens (including phenoxy) is 1. The van der Waals surface area contributed by atoms with Crippen LogP contribution >= 0.6 is 0 Å². The van der Waals surface area contributed by atoms with Gasteiger partial charge in [-0.1, -0.05) is 30.3 Å². The molecule has 5 heteroatoms. The number of aromatic nitrogens is 1. The Hall–Kier alpha value is -2.56. The van der Waals surface area contributed by atoms with E-state index < -0.39 is 5.97 Å². The molecule has 2 rings (SSSR count). The van der Waals surface area contributed by atoms with Gasteiger partial charge in [0.2, 0.25) is 5.43 Å². The van der Waals surface area contributed by atoms with Crippen LogP contribution in [0, 0.1) is 6.92 Å². The number of hydrogen-bond donors (Lipinski definition) is 1. The molecule has 21 heavy (non-hydrogen) atoms. The fourth-order valence-corrected chi connectivity index (χ4v) is 2.02. The Labute approximate surface area is 122 Å². The number of pyridine rings is 1. The molecule has 0 aliphatic carbocycles. The molecule has 0 unspecified atom stereocenters. The lowest BCUT2D eigenvalue weighted by Crippen LogP contribution is -2.17. The molecule has 0 saturated carbocycles. The molecule has 110 valence electrons. The summed E-state index contributed by atoms with van der Waals surface area (Å²) < 4.78 is 7.25. The molecular formula is C16H17NO4. The van der Waals surface area contributed by atoms with E-state index in [2.05, 4.69) is 0 Å². The molecule has 0 bridgehead atoms. The quantitative estimate of drug-likeness (QED) is 0.883. The average Bonchev–Trinajstić information content (AvgIpc) is 2.46. The van der Waals surface area contributed by atoms with E-state index in [0.29, 0.717) is 12.2 Å². The fraction of sp³-hybridized carbons (Fsp3) is 0.250. The molecular weight excluding hydrogens is 270 g/mol. The third-order valence-electron chi connectivity index (χ3n) is 3.15. The number of benzene rings is 1. The summed E-state index contributed by atoms with van der Waals surface area (Å²) in [5.74, 6) is -0.733. The van der Waals surface area contributed by atoms with Gasteiger partial charge in [0.15, 0.2) is 5.75 Å². The van der Waals surface area contributed by atoms with Crippen molar-refractivity contribution in [3.05, 3.63) is 64.1 Å². The smallest absolute Gasteiger partial charge is 0.306 e. The van der Waals surface area contributed by atoms with Crippen LogP contribution in [0.25, 0.3) is 0 Å². The van der Waals surface area contributed by atoms with Crippen LogP contribution in [0.5, 0.6) is 5.75 Å². The van der Waals surface area contributed by atoms with Gasteiger partial charge < -0.3 is 14.4 Å². The molecule has 0 fully saturated rings. The van der Waals surface area contributed by atoms with Gasteiger partial charge in [-0.3, -0.25) is 9.59 Å². The predicted octanol–water partition coefficient (Wildman–Crippen LogP) is 2.06. The first kappa shape index (κ1) is 14.8. The Balaban J connectivity index is 2.20. The van der Waals surface area contributed by atoms with Crippen LogP contribution < -0.4 is 10.2 Å². The Bertz CT molecular complexity index is 676. The third-order valence-corrected chi connectivity index (χ3v) is 3.15. The van der Waals surface area contributed by atoms with E-state index in [0.717, 1.165) is 5.56 Å². The van der Waals surface area contributed by atoms with Crippen molar-refractivity contribution in [2.75, 3.05) is 6.61 Å². The molecule has 5 nitrogen and oxygen atoms in total. The maximum absolute atomic E-state index is 11.8. The van der Waals surface area contributed by atoms with Crippen molar-refractivity contribution in [1.82, 2.24) is 4.57 Å². The number of carboxylic acid groups (broad SMARTS) is 1. The highest BCUT2D eigenvalue weighted by Gasteiger charge is 2.09. The third kappa shape index (κ3) is 3.95. The first-order chi connectivity index (χ1) is 10.1. The van der Waals surface area contributed by atoms with Crippen molar-refractivity contribution >= 4 is 5.97 Å². The SMILES string of the molecule is Cc1c(OCCC(=O)O)c(=O)ccn1Cc1ccccc1. The van der Waals surface area contributed by atoms with E-state index in [1.54, 1.807) is 13.1 Å². The van der Waals surface area contributed by atoms with Gasteiger partial charge in [0.05, 0.1) is 18.7 Å². The summed E-state index contributed by atoms with van der Waals surface area (Å²) in [5.41, 5.74) is 1.57. The second-order valence-electron chi connectivity index (χ2n) is 4.70. The van der Waals surface area contributed by atoms with Crippen LogP contribution in [0.2, 0.25) is 0 Å². The summed E-state index contributed by atoms with van der Waals surface area (Å²) in [6.07, 6.45) is 1.58. The lowest BCUT2D eigenvalue weighted by molar-refractivity contribution is -0.137. The number of aliphatic carboxylic acids is 1. The van der Waals surface area contributed by atoms with Gasteiger partial charge in [0, 0.05) is 18.8 Å². The van der Waals surface area contributed by atoms with E-state index in [-0.39, 0.29) is 24.2 Å². The Morgan fingerprint density at radius 1 is 1.24 bits per heavy atom. The summed E-state index contributed by atoms with van der Waals surface area (Å²) in [6, 6.07) is 11.3. The van der Waals surface area contributed by atoms with Gasteiger partial charge in [-0.25, -0.2) is 0 Å². The molecule has 0 amide bonds. The lowest BCUT2D eigenvalue weighted by atomic mass is 10.2. The minimum Gasteiger partial charge on any atom is -0.487 e. The number of hydrogen-bond acceptors (Lipinski definition) is 3. The highest BCUT2D eigenvalue weighted by Crippen LogP contribution is 2.14. The van der Waals surface area contributed by atoms with Crippen LogP contribution in [0.1, 0.15) is 17.7 Å². The van der Waals surface area contributed by atoms with Crippen molar-refractivity contribution in [2.24, 2.45) is 0 Å². The Morgan fingerprint density at radius 3 is 2.62 bits per heavy atom. The van der Waals surface area contributed by atoms with Crippen LogP contribution in [0.15, 0.2) is 47.4 Å². The van der Waals surface area contributed by atoms with Gasteiger partial charge in [0.1, 0.15) is 0 Å². The van der Waals surface area contributed by atoms with Crippen LogP contribution in [-0.2, 0) is 11.3 Å². The van der Waals surface area contributed by atoms with Gasteiger partial charge in [-0.15, -0.1) is 0 Å².